The first-order chi connectivity index (χ1) is 12.6. The van der Waals surface area contributed by atoms with E-state index in [0.717, 1.165) is 5.56 Å². The molecule has 1 aliphatic heterocycles. The molecule has 3 rings (SSSR count). The molecule has 1 aliphatic rings. The number of carbonyl (C=O) groups excluding carboxylic acids is 2. The average molecular weight is 376 g/mol. The van der Waals surface area contributed by atoms with Crippen LogP contribution in [0.2, 0.25) is 5.02 Å². The first-order valence-corrected chi connectivity index (χ1v) is 8.43. The Kier molecular flexibility index (Phi) is 5.93. The summed E-state index contributed by atoms with van der Waals surface area (Å²) >= 11 is 5.82. The lowest BCUT2D eigenvalue weighted by molar-refractivity contribution is -0.119. The van der Waals surface area contributed by atoms with E-state index in [1.165, 1.54) is 0 Å². The maximum absolute atomic E-state index is 11.9. The molecule has 7 nitrogen and oxygen atoms in total. The van der Waals surface area contributed by atoms with E-state index in [1.807, 2.05) is 12.1 Å². The van der Waals surface area contributed by atoms with E-state index < -0.39 is 11.9 Å². The van der Waals surface area contributed by atoms with Gasteiger partial charge in [0.15, 0.2) is 11.5 Å². The molecule has 0 bridgehead atoms. The Morgan fingerprint density at radius 1 is 1.00 bits per heavy atom. The van der Waals surface area contributed by atoms with Crippen LogP contribution < -0.4 is 25.4 Å². The van der Waals surface area contributed by atoms with Crippen LogP contribution in [0.5, 0.6) is 11.5 Å². The normalized spacial score (nSPS) is 12.3. The summed E-state index contributed by atoms with van der Waals surface area (Å²) in [5.41, 5.74) is 1.50. The number of urea groups is 1. The zero-order valence-electron chi connectivity index (χ0n) is 13.9. The van der Waals surface area contributed by atoms with E-state index in [0.29, 0.717) is 42.0 Å². The third kappa shape index (κ3) is 5.11. The topological polar surface area (TPSA) is 88.7 Å². The highest BCUT2D eigenvalue weighted by Gasteiger charge is 2.13. The van der Waals surface area contributed by atoms with E-state index >= 15 is 0 Å². The summed E-state index contributed by atoms with van der Waals surface area (Å²) in [6.07, 6.45) is 0. The number of halogens is 1. The molecule has 0 atom stereocenters. The second kappa shape index (κ2) is 8.55. The number of nitrogens with one attached hydrogen (secondary N) is 3. The fourth-order valence-corrected chi connectivity index (χ4v) is 2.50. The van der Waals surface area contributed by atoms with Gasteiger partial charge in [-0.1, -0.05) is 23.7 Å². The predicted molar refractivity (Wildman–Crippen MR) is 97.8 cm³/mol. The van der Waals surface area contributed by atoms with E-state index in [-0.39, 0.29) is 6.54 Å². The number of fused-ring (bicyclic) bond motifs is 1. The highest BCUT2D eigenvalue weighted by atomic mass is 35.5. The minimum atomic E-state index is -0.611. The average Bonchev–Trinajstić information content (AvgIpc) is 2.63. The molecule has 0 saturated heterocycles. The summed E-state index contributed by atoms with van der Waals surface area (Å²) in [7, 11) is 0. The van der Waals surface area contributed by atoms with E-state index in [2.05, 4.69) is 16.0 Å². The van der Waals surface area contributed by atoms with Crippen molar-refractivity contribution in [3.05, 3.63) is 53.1 Å². The molecule has 0 unspecified atom stereocenters. The molecule has 0 spiro atoms. The molecule has 0 radical (unpaired) electrons. The smallest absolute Gasteiger partial charge is 0.325 e. The van der Waals surface area contributed by atoms with Crippen molar-refractivity contribution < 1.29 is 19.1 Å². The lowest BCUT2D eigenvalue weighted by Gasteiger charge is -2.19. The highest BCUT2D eigenvalue weighted by molar-refractivity contribution is 6.30. The van der Waals surface area contributed by atoms with Crippen molar-refractivity contribution in [2.45, 2.75) is 6.54 Å². The van der Waals surface area contributed by atoms with Gasteiger partial charge in [0.1, 0.15) is 13.2 Å². The number of rotatable bonds is 5. The van der Waals surface area contributed by atoms with Gasteiger partial charge >= 0.3 is 6.03 Å². The molecule has 0 saturated carbocycles. The van der Waals surface area contributed by atoms with Gasteiger partial charge < -0.3 is 20.1 Å². The molecule has 1 heterocycles. The van der Waals surface area contributed by atoms with Crippen molar-refractivity contribution in [1.82, 2.24) is 10.6 Å². The summed E-state index contributed by atoms with van der Waals surface area (Å²) in [5, 5.41) is 8.46. The maximum atomic E-state index is 11.9. The minimum Gasteiger partial charge on any atom is -0.486 e. The lowest BCUT2D eigenvalue weighted by Crippen LogP contribution is -2.39. The number of imide groups is 1. The summed E-state index contributed by atoms with van der Waals surface area (Å²) in [4.78, 5) is 23.7. The van der Waals surface area contributed by atoms with Crippen molar-refractivity contribution in [1.29, 1.82) is 0 Å². The molecule has 136 valence electrons. The van der Waals surface area contributed by atoms with Crippen LogP contribution in [0.1, 0.15) is 5.56 Å². The summed E-state index contributed by atoms with van der Waals surface area (Å²) in [6.45, 7) is 1.46. The standard InChI is InChI=1S/C18H18ClN3O4/c19-13-3-1-12(2-4-13)10-20-11-17(23)22-18(24)21-14-5-6-15-16(9-14)26-8-7-25-15/h1-6,9,20H,7-8,10-11H2,(H2,21,22,23,24). The Hall–Kier alpha value is -2.77. The number of carbonyl (C=O) groups is 2. The van der Waals surface area contributed by atoms with Gasteiger partial charge in [0, 0.05) is 23.3 Å². The second-order valence-corrected chi connectivity index (χ2v) is 6.03. The van der Waals surface area contributed by atoms with Gasteiger partial charge in [0.2, 0.25) is 5.91 Å². The van der Waals surface area contributed by atoms with Crippen molar-refractivity contribution in [3.8, 4) is 11.5 Å². The van der Waals surface area contributed by atoms with Gasteiger partial charge in [-0.15, -0.1) is 0 Å². The Labute approximate surface area is 155 Å². The number of amides is 3. The van der Waals surface area contributed by atoms with E-state index in [1.54, 1.807) is 30.3 Å². The number of ether oxygens (including phenoxy) is 2. The van der Waals surface area contributed by atoms with Crippen LogP contribution in [0.15, 0.2) is 42.5 Å². The van der Waals surface area contributed by atoms with Crippen molar-refractivity contribution in [2.24, 2.45) is 0 Å². The van der Waals surface area contributed by atoms with Gasteiger partial charge in [-0.25, -0.2) is 4.79 Å². The molecule has 26 heavy (non-hydrogen) atoms. The first kappa shape index (κ1) is 18.0. The molecule has 2 aromatic carbocycles. The van der Waals surface area contributed by atoms with Gasteiger partial charge in [-0.2, -0.15) is 0 Å². The number of benzene rings is 2. The fraction of sp³-hybridized carbons (Fsp3) is 0.222. The Morgan fingerprint density at radius 2 is 1.73 bits per heavy atom. The molecule has 3 N–H and O–H groups in total. The summed E-state index contributed by atoms with van der Waals surface area (Å²) in [6, 6.07) is 11.7. The van der Waals surface area contributed by atoms with Crippen molar-refractivity contribution in [2.75, 3.05) is 25.1 Å². The zero-order chi connectivity index (χ0) is 18.4. The maximum Gasteiger partial charge on any atom is 0.325 e. The SMILES string of the molecule is O=C(CNCc1ccc(Cl)cc1)NC(=O)Nc1ccc2c(c1)OCCO2. The van der Waals surface area contributed by atoms with E-state index in [9.17, 15) is 9.59 Å². The molecular weight excluding hydrogens is 358 g/mol. The quantitative estimate of drug-likeness (QED) is 0.747. The van der Waals surface area contributed by atoms with Crippen LogP contribution in [0.3, 0.4) is 0 Å². The van der Waals surface area contributed by atoms with Gasteiger partial charge in [-0.3, -0.25) is 10.1 Å². The molecule has 2 aromatic rings. The lowest BCUT2D eigenvalue weighted by atomic mass is 10.2. The van der Waals surface area contributed by atoms with Gasteiger partial charge in [-0.05, 0) is 29.8 Å². The molecule has 0 aromatic heterocycles. The first-order valence-electron chi connectivity index (χ1n) is 8.06. The van der Waals surface area contributed by atoms with Gasteiger partial charge in [0.25, 0.3) is 0 Å². The molecule has 0 aliphatic carbocycles. The summed E-state index contributed by atoms with van der Waals surface area (Å²) < 4.78 is 10.9. The number of anilines is 1. The monoisotopic (exact) mass is 375 g/mol. The van der Waals surface area contributed by atoms with Crippen LogP contribution in [-0.4, -0.2) is 31.7 Å². The number of hydrogen-bond donors (Lipinski definition) is 3. The van der Waals surface area contributed by atoms with Crippen LogP contribution in [0.25, 0.3) is 0 Å². The van der Waals surface area contributed by atoms with E-state index in [4.69, 9.17) is 21.1 Å². The van der Waals surface area contributed by atoms with Crippen LogP contribution in [0, 0.1) is 0 Å². The molecule has 8 heteroatoms. The Balaban J connectivity index is 1.42. The van der Waals surface area contributed by atoms with Crippen LogP contribution >= 0.6 is 11.6 Å². The Bertz CT molecular complexity index is 796. The largest absolute Gasteiger partial charge is 0.486 e. The second-order valence-electron chi connectivity index (χ2n) is 5.59. The Morgan fingerprint density at radius 3 is 2.50 bits per heavy atom. The fourth-order valence-electron chi connectivity index (χ4n) is 2.38. The minimum absolute atomic E-state index is 0.0111. The number of hydrogen-bond acceptors (Lipinski definition) is 5. The van der Waals surface area contributed by atoms with Crippen LogP contribution in [0.4, 0.5) is 10.5 Å². The summed E-state index contributed by atoms with van der Waals surface area (Å²) in [5.74, 6) is 0.753. The van der Waals surface area contributed by atoms with Crippen LogP contribution in [-0.2, 0) is 11.3 Å². The molecule has 0 fully saturated rings. The highest BCUT2D eigenvalue weighted by Crippen LogP contribution is 2.32. The third-order valence-electron chi connectivity index (χ3n) is 3.58. The van der Waals surface area contributed by atoms with Crippen molar-refractivity contribution in [3.63, 3.8) is 0 Å². The third-order valence-corrected chi connectivity index (χ3v) is 3.83. The zero-order valence-corrected chi connectivity index (χ0v) is 14.6. The van der Waals surface area contributed by atoms with Crippen molar-refractivity contribution >= 4 is 29.2 Å². The molecular formula is C18H18ClN3O4. The van der Waals surface area contributed by atoms with Gasteiger partial charge in [0.05, 0.1) is 6.54 Å². The predicted octanol–water partition coefficient (Wildman–Crippen LogP) is 2.55. The molecule has 3 amide bonds.